The van der Waals surface area contributed by atoms with Crippen LogP contribution in [-0.4, -0.2) is 18.1 Å². The van der Waals surface area contributed by atoms with Crippen molar-refractivity contribution in [1.29, 1.82) is 0 Å². The van der Waals surface area contributed by atoms with E-state index in [1.165, 1.54) is 6.42 Å². The van der Waals surface area contributed by atoms with Gasteiger partial charge < -0.3 is 0 Å². The van der Waals surface area contributed by atoms with Gasteiger partial charge in [0, 0.05) is 13.1 Å². The third-order valence-electron chi connectivity index (χ3n) is 1.75. The van der Waals surface area contributed by atoms with E-state index in [9.17, 15) is 0 Å². The summed E-state index contributed by atoms with van der Waals surface area (Å²) in [4.78, 5) is 0. The zero-order valence-corrected chi connectivity index (χ0v) is 9.43. The summed E-state index contributed by atoms with van der Waals surface area (Å²) in [6.45, 7) is 12.6. The number of hydrogen-bond acceptors (Lipinski definition) is 2. The van der Waals surface area contributed by atoms with Gasteiger partial charge in [-0.05, 0) is 12.3 Å². The number of hydrazine groups is 1. The smallest absolute Gasteiger partial charge is 0.0154 e. The Morgan fingerprint density at radius 2 is 1.75 bits per heavy atom. The lowest BCUT2D eigenvalue weighted by molar-refractivity contribution is 0.241. The van der Waals surface area contributed by atoms with Gasteiger partial charge in [0.25, 0.3) is 0 Å². The maximum absolute atomic E-state index is 5.69. The molecule has 1 atom stereocenters. The van der Waals surface area contributed by atoms with E-state index in [1.54, 1.807) is 0 Å². The van der Waals surface area contributed by atoms with Gasteiger partial charge in [-0.1, -0.05) is 41.0 Å². The second kappa shape index (κ2) is 10.9. The highest BCUT2D eigenvalue weighted by molar-refractivity contribution is 4.54. The lowest BCUT2D eigenvalue weighted by Gasteiger charge is -2.18. The molecule has 0 aliphatic heterocycles. The van der Waals surface area contributed by atoms with Gasteiger partial charge in [-0.15, -0.1) is 0 Å². The van der Waals surface area contributed by atoms with Crippen molar-refractivity contribution in [3.63, 3.8) is 0 Å². The van der Waals surface area contributed by atoms with Crippen molar-refractivity contribution in [2.24, 2.45) is 11.8 Å². The third-order valence-corrected chi connectivity index (χ3v) is 1.75. The standard InChI is InChI=1S/C8H20N2.C2H6/c1-4-6-10(9)7-8(3)5-2;1-2/h8H,4-7,9H2,1-3H3;1-2H3. The fourth-order valence-corrected chi connectivity index (χ4v) is 0.908. The fourth-order valence-electron chi connectivity index (χ4n) is 0.908. The van der Waals surface area contributed by atoms with Crippen LogP contribution in [0.4, 0.5) is 0 Å². The Morgan fingerprint density at radius 3 is 2.08 bits per heavy atom. The maximum atomic E-state index is 5.69. The molecule has 0 aliphatic carbocycles. The molecule has 0 saturated carbocycles. The molecule has 0 amide bonds. The van der Waals surface area contributed by atoms with Crippen molar-refractivity contribution in [2.75, 3.05) is 13.1 Å². The highest BCUT2D eigenvalue weighted by Gasteiger charge is 2.02. The van der Waals surface area contributed by atoms with Crippen molar-refractivity contribution in [3.05, 3.63) is 0 Å². The summed E-state index contributed by atoms with van der Waals surface area (Å²) in [5.41, 5.74) is 0. The molecule has 0 fully saturated rings. The first-order valence-electron chi connectivity index (χ1n) is 5.20. The van der Waals surface area contributed by atoms with E-state index in [4.69, 9.17) is 5.84 Å². The maximum Gasteiger partial charge on any atom is 0.0154 e. The zero-order valence-electron chi connectivity index (χ0n) is 9.43. The number of nitrogens with zero attached hydrogens (tertiary/aromatic N) is 1. The van der Waals surface area contributed by atoms with Gasteiger partial charge >= 0.3 is 0 Å². The number of hydrogen-bond donors (Lipinski definition) is 1. The van der Waals surface area contributed by atoms with Crippen molar-refractivity contribution < 1.29 is 0 Å². The van der Waals surface area contributed by atoms with Crippen LogP contribution in [0, 0.1) is 5.92 Å². The van der Waals surface area contributed by atoms with E-state index in [0.29, 0.717) is 0 Å². The monoisotopic (exact) mass is 174 g/mol. The van der Waals surface area contributed by atoms with Gasteiger partial charge in [-0.2, -0.15) is 0 Å². The number of rotatable bonds is 5. The van der Waals surface area contributed by atoms with Crippen LogP contribution in [0.2, 0.25) is 0 Å². The summed E-state index contributed by atoms with van der Waals surface area (Å²) in [5.74, 6) is 6.43. The Labute approximate surface area is 78.1 Å². The van der Waals surface area contributed by atoms with Crippen molar-refractivity contribution in [1.82, 2.24) is 5.01 Å². The van der Waals surface area contributed by atoms with E-state index in [0.717, 1.165) is 25.4 Å². The van der Waals surface area contributed by atoms with Crippen LogP contribution in [0.1, 0.15) is 47.5 Å². The minimum absolute atomic E-state index is 0.733. The van der Waals surface area contributed by atoms with Crippen LogP contribution in [-0.2, 0) is 0 Å². The van der Waals surface area contributed by atoms with E-state index in [1.807, 2.05) is 18.9 Å². The van der Waals surface area contributed by atoms with Crippen LogP contribution < -0.4 is 5.84 Å². The van der Waals surface area contributed by atoms with Crippen molar-refractivity contribution in [3.8, 4) is 0 Å². The van der Waals surface area contributed by atoms with Crippen LogP contribution in [0.15, 0.2) is 0 Å². The molecule has 0 aliphatic rings. The van der Waals surface area contributed by atoms with E-state index >= 15 is 0 Å². The molecule has 2 N–H and O–H groups in total. The molecule has 1 unspecified atom stereocenters. The van der Waals surface area contributed by atoms with Crippen LogP contribution >= 0.6 is 0 Å². The van der Waals surface area contributed by atoms with Gasteiger partial charge in [0.2, 0.25) is 0 Å². The molecule has 0 spiro atoms. The minimum atomic E-state index is 0.733. The average Bonchev–Trinajstić information content (AvgIpc) is 2.08. The fraction of sp³-hybridized carbons (Fsp3) is 1.00. The predicted molar refractivity (Wildman–Crippen MR) is 56.9 cm³/mol. The summed E-state index contributed by atoms with van der Waals surface area (Å²) in [7, 11) is 0. The first-order chi connectivity index (χ1) is 5.70. The lowest BCUT2D eigenvalue weighted by Crippen LogP contribution is -2.35. The Morgan fingerprint density at radius 1 is 1.25 bits per heavy atom. The molecule has 0 heterocycles. The third kappa shape index (κ3) is 9.92. The molecule has 0 radical (unpaired) electrons. The van der Waals surface area contributed by atoms with E-state index < -0.39 is 0 Å². The Balaban J connectivity index is 0. The van der Waals surface area contributed by atoms with Gasteiger partial charge in [0.05, 0.1) is 0 Å². The quantitative estimate of drug-likeness (QED) is 0.513. The lowest BCUT2D eigenvalue weighted by atomic mass is 10.1. The first-order valence-corrected chi connectivity index (χ1v) is 5.20. The molecular formula is C10H26N2. The van der Waals surface area contributed by atoms with E-state index in [-0.39, 0.29) is 0 Å². The Kier molecular flexibility index (Phi) is 13.1. The van der Waals surface area contributed by atoms with Gasteiger partial charge in [0.1, 0.15) is 0 Å². The van der Waals surface area contributed by atoms with Crippen molar-refractivity contribution >= 4 is 0 Å². The average molecular weight is 174 g/mol. The molecule has 2 nitrogen and oxygen atoms in total. The molecule has 0 saturated heterocycles. The van der Waals surface area contributed by atoms with Crippen LogP contribution in [0.5, 0.6) is 0 Å². The molecule has 2 heteroatoms. The molecule has 0 aromatic carbocycles. The molecule has 76 valence electrons. The normalized spacial score (nSPS) is 12.2. The Bertz CT molecular complexity index is 74.2. The second-order valence-corrected chi connectivity index (χ2v) is 3.01. The van der Waals surface area contributed by atoms with Crippen LogP contribution in [0.25, 0.3) is 0 Å². The Hall–Kier alpha value is -0.0800. The summed E-state index contributed by atoms with van der Waals surface area (Å²) >= 11 is 0. The zero-order chi connectivity index (χ0) is 9.98. The molecule has 0 aromatic heterocycles. The molecular weight excluding hydrogens is 148 g/mol. The molecule has 0 bridgehead atoms. The molecule has 12 heavy (non-hydrogen) atoms. The molecule has 0 rings (SSSR count). The molecule has 0 aromatic rings. The summed E-state index contributed by atoms with van der Waals surface area (Å²) < 4.78 is 0. The summed E-state index contributed by atoms with van der Waals surface area (Å²) in [5, 5.41) is 1.91. The van der Waals surface area contributed by atoms with Crippen LogP contribution in [0.3, 0.4) is 0 Å². The highest BCUT2D eigenvalue weighted by atomic mass is 15.4. The summed E-state index contributed by atoms with van der Waals surface area (Å²) in [6.07, 6.45) is 2.37. The largest absolute Gasteiger partial charge is 0.269 e. The predicted octanol–water partition coefficient (Wildman–Crippen LogP) is 2.64. The van der Waals surface area contributed by atoms with E-state index in [2.05, 4.69) is 20.8 Å². The number of nitrogens with two attached hydrogens (primary N) is 1. The van der Waals surface area contributed by atoms with Gasteiger partial charge in [0.15, 0.2) is 0 Å². The first kappa shape index (κ1) is 14.4. The van der Waals surface area contributed by atoms with Crippen molar-refractivity contribution in [2.45, 2.75) is 47.5 Å². The second-order valence-electron chi connectivity index (χ2n) is 3.01. The van der Waals surface area contributed by atoms with Gasteiger partial charge in [-0.3, -0.25) is 5.84 Å². The minimum Gasteiger partial charge on any atom is -0.269 e. The summed E-state index contributed by atoms with van der Waals surface area (Å²) in [6, 6.07) is 0. The van der Waals surface area contributed by atoms with Gasteiger partial charge in [-0.25, -0.2) is 5.01 Å². The SMILES string of the molecule is CC.CCCN(N)CC(C)CC. The topological polar surface area (TPSA) is 29.3 Å². The highest BCUT2D eigenvalue weighted by Crippen LogP contribution is 2.00.